The van der Waals surface area contributed by atoms with Crippen LogP contribution in [0, 0.1) is 20.7 Å². The van der Waals surface area contributed by atoms with Crippen molar-refractivity contribution in [2.45, 2.75) is 20.7 Å². The van der Waals surface area contributed by atoms with E-state index >= 15 is 0 Å². The smallest absolute Gasteiger partial charge is 0.216 e. The number of pyridine rings is 2. The molecule has 0 bridgehead atoms. The Kier molecular flexibility index (Phi) is 2.73. The molecular weight excluding hydrogens is 332 g/mol. The molecule has 0 saturated carbocycles. The van der Waals surface area contributed by atoms with Gasteiger partial charge in [-0.1, -0.05) is 29.3 Å². The summed E-state index contributed by atoms with van der Waals surface area (Å²) in [6.45, 7) is 1.89. The van der Waals surface area contributed by atoms with Gasteiger partial charge in [-0.2, -0.15) is 0 Å². The van der Waals surface area contributed by atoms with E-state index in [0.717, 1.165) is 49.8 Å². The third-order valence-corrected chi connectivity index (χ3v) is 5.15. The monoisotopic (exact) mass is 356 g/mol. The van der Waals surface area contributed by atoms with Gasteiger partial charge in [-0.25, -0.2) is 9.55 Å². The van der Waals surface area contributed by atoms with Crippen LogP contribution in [0.5, 0.6) is 0 Å². The van der Waals surface area contributed by atoms with Crippen molar-refractivity contribution < 1.29 is 13.1 Å². The average molecular weight is 356 g/mol. The van der Waals surface area contributed by atoms with Crippen molar-refractivity contribution in [3.05, 3.63) is 71.4 Å². The first kappa shape index (κ1) is 13.0. The fraction of sp³-hybridized carbons (Fsp3) is 0.167. The van der Waals surface area contributed by atoms with Gasteiger partial charge in [0.2, 0.25) is 5.69 Å². The van der Waals surface area contributed by atoms with Crippen molar-refractivity contribution in [1.82, 2.24) is 4.98 Å². The molecule has 0 aliphatic heterocycles. The van der Waals surface area contributed by atoms with Crippen molar-refractivity contribution in [3.8, 4) is 11.3 Å². The highest BCUT2D eigenvalue weighted by Crippen LogP contribution is 2.32. The Bertz CT molecular complexity index is 1470. The predicted molar refractivity (Wildman–Crippen MR) is 110 cm³/mol. The number of benzene rings is 2. The first-order chi connectivity index (χ1) is 14.2. The molecule has 3 heterocycles. The summed E-state index contributed by atoms with van der Waals surface area (Å²) in [4.78, 5) is 4.84. The highest BCUT2D eigenvalue weighted by Gasteiger charge is 2.19. The van der Waals surface area contributed by atoms with Gasteiger partial charge >= 0.3 is 0 Å². The summed E-state index contributed by atoms with van der Waals surface area (Å²) in [5.74, 6) is 0. The zero-order valence-electron chi connectivity index (χ0n) is 18.5. The maximum Gasteiger partial charge on any atom is 0.216 e. The van der Waals surface area contributed by atoms with E-state index in [2.05, 4.69) is 19.1 Å². The highest BCUT2D eigenvalue weighted by molar-refractivity contribution is 6.05. The molecule has 0 amide bonds. The van der Waals surface area contributed by atoms with E-state index in [1.54, 1.807) is 12.1 Å². The van der Waals surface area contributed by atoms with Crippen LogP contribution in [0.2, 0.25) is 0 Å². The van der Waals surface area contributed by atoms with Gasteiger partial charge in [0, 0.05) is 15.1 Å². The summed E-state index contributed by atoms with van der Waals surface area (Å²) in [6.07, 6.45) is 2.03. The number of aromatic nitrogens is 2. The van der Waals surface area contributed by atoms with Crippen LogP contribution >= 0.6 is 0 Å². The number of rotatable bonds is 1. The Morgan fingerprint density at radius 1 is 0.963 bits per heavy atom. The molecule has 27 heavy (non-hydrogen) atoms. The van der Waals surface area contributed by atoms with Crippen molar-refractivity contribution in [3.63, 3.8) is 0 Å². The van der Waals surface area contributed by atoms with Crippen LogP contribution in [0.15, 0.2) is 59.1 Å². The lowest BCUT2D eigenvalue weighted by atomic mass is 10.0. The van der Waals surface area contributed by atoms with E-state index in [4.69, 9.17) is 13.5 Å². The van der Waals surface area contributed by atoms with E-state index in [9.17, 15) is 0 Å². The Balaban J connectivity index is 1.72. The molecule has 5 rings (SSSR count). The molecule has 0 unspecified atom stereocenters. The third-order valence-electron chi connectivity index (χ3n) is 5.15. The minimum Gasteiger partial charge on any atom is -0.454 e. The highest BCUT2D eigenvalue weighted by atomic mass is 16.3. The van der Waals surface area contributed by atoms with Crippen LogP contribution in [-0.2, 0) is 7.05 Å². The molecule has 0 spiro atoms. The van der Waals surface area contributed by atoms with Gasteiger partial charge in [0.05, 0.1) is 11.6 Å². The lowest BCUT2D eigenvalue weighted by Gasteiger charge is -2.05. The largest absolute Gasteiger partial charge is 0.454 e. The maximum absolute atomic E-state index is 7.64. The normalized spacial score (nSPS) is 13.8. The van der Waals surface area contributed by atoms with Gasteiger partial charge in [-0.3, -0.25) is 0 Å². The van der Waals surface area contributed by atoms with Gasteiger partial charge in [-0.15, -0.1) is 0 Å². The molecule has 0 radical (unpaired) electrons. The van der Waals surface area contributed by atoms with Gasteiger partial charge < -0.3 is 4.42 Å². The average Bonchev–Trinajstić information content (AvgIpc) is 3.01. The molecule has 0 N–H and O–H groups in total. The van der Waals surface area contributed by atoms with E-state index in [-0.39, 0.29) is 0 Å². The summed E-state index contributed by atoms with van der Waals surface area (Å²) >= 11 is 0. The van der Waals surface area contributed by atoms with Gasteiger partial charge in [0.15, 0.2) is 11.8 Å². The van der Waals surface area contributed by atoms with Crippen molar-refractivity contribution >= 4 is 33.0 Å². The summed E-state index contributed by atoms with van der Waals surface area (Å²) in [7, 11) is 1.98. The Morgan fingerprint density at radius 2 is 1.81 bits per heavy atom. The second-order valence-electron chi connectivity index (χ2n) is 7.21. The molecule has 3 aromatic heterocycles. The number of nitrogens with zero attached hydrogens (tertiary/aromatic N) is 2. The molecule has 5 aromatic rings. The SMILES string of the molecule is [2H]C([2H])([2H])c1ccc(-c2cc3oc4cc5cc(C)ccc5nc4c3c[n+]2C)c(C)c1. The fourth-order valence-electron chi connectivity index (χ4n) is 3.78. The van der Waals surface area contributed by atoms with Crippen LogP contribution in [0.1, 0.15) is 20.8 Å². The first-order valence-electron chi connectivity index (χ1n) is 10.5. The second-order valence-corrected chi connectivity index (χ2v) is 7.21. The molecule has 0 fully saturated rings. The third kappa shape index (κ3) is 2.50. The van der Waals surface area contributed by atoms with Crippen LogP contribution in [-0.4, -0.2) is 4.98 Å². The minimum atomic E-state index is -2.11. The minimum absolute atomic E-state index is 0.349. The molecule has 3 nitrogen and oxygen atoms in total. The number of furan rings is 1. The lowest BCUT2D eigenvalue weighted by molar-refractivity contribution is -0.659. The van der Waals surface area contributed by atoms with E-state index in [0.29, 0.717) is 5.56 Å². The Morgan fingerprint density at radius 3 is 2.63 bits per heavy atom. The summed E-state index contributed by atoms with van der Waals surface area (Å²) < 4.78 is 31.1. The van der Waals surface area contributed by atoms with E-state index in [1.165, 1.54) is 5.56 Å². The van der Waals surface area contributed by atoms with Crippen LogP contribution in [0.25, 0.3) is 44.2 Å². The van der Waals surface area contributed by atoms with Gasteiger partial charge in [-0.05, 0) is 50.5 Å². The zero-order chi connectivity index (χ0) is 21.2. The lowest BCUT2D eigenvalue weighted by Crippen LogP contribution is -2.30. The molecule has 0 aliphatic carbocycles. The second kappa shape index (κ2) is 5.65. The molecule has 0 saturated heterocycles. The standard InChI is InChI=1S/C24H21N2O/c1-14-5-7-18(16(3)9-14)21-12-22-19(13-26(21)4)24-23(27-22)11-17-10-15(2)6-8-20(17)25-24/h5-13H,1-4H3/q+1/i1D3. The van der Waals surface area contributed by atoms with Crippen molar-refractivity contribution in [1.29, 1.82) is 0 Å². The molecular formula is C24H21N2O+. The molecule has 3 heteroatoms. The van der Waals surface area contributed by atoms with Gasteiger partial charge in [0.25, 0.3) is 0 Å². The zero-order valence-corrected chi connectivity index (χ0v) is 15.5. The molecule has 0 atom stereocenters. The van der Waals surface area contributed by atoms with Crippen LogP contribution in [0.3, 0.4) is 0 Å². The predicted octanol–water partition coefficient (Wildman–Crippen LogP) is 5.55. The fourth-order valence-corrected chi connectivity index (χ4v) is 3.78. The van der Waals surface area contributed by atoms with Crippen molar-refractivity contribution in [2.24, 2.45) is 7.05 Å². The number of fused-ring (bicyclic) bond motifs is 4. The van der Waals surface area contributed by atoms with Gasteiger partial charge in [0.1, 0.15) is 23.5 Å². The maximum atomic E-state index is 7.64. The number of aryl methyl sites for hydroxylation is 4. The Hall–Kier alpha value is -3.20. The number of hydrogen-bond acceptors (Lipinski definition) is 2. The first-order valence-corrected chi connectivity index (χ1v) is 8.95. The quantitative estimate of drug-likeness (QED) is 0.369. The topological polar surface area (TPSA) is 29.9 Å². The van der Waals surface area contributed by atoms with E-state index < -0.39 is 6.85 Å². The summed E-state index contributed by atoms with van der Waals surface area (Å²) in [6, 6.07) is 15.5. The Labute approximate surface area is 162 Å². The van der Waals surface area contributed by atoms with Crippen LogP contribution in [0.4, 0.5) is 0 Å². The summed E-state index contributed by atoms with van der Waals surface area (Å²) in [5.41, 5.74) is 7.68. The van der Waals surface area contributed by atoms with E-state index in [1.807, 2.05) is 49.0 Å². The summed E-state index contributed by atoms with van der Waals surface area (Å²) in [5, 5.41) is 2.01. The molecule has 0 aliphatic rings. The molecule has 132 valence electrons. The van der Waals surface area contributed by atoms with Crippen LogP contribution < -0.4 is 4.57 Å². The number of hydrogen-bond donors (Lipinski definition) is 0. The van der Waals surface area contributed by atoms with Crippen molar-refractivity contribution in [2.75, 3.05) is 0 Å². The molecule has 2 aromatic carbocycles.